The van der Waals surface area contributed by atoms with E-state index in [9.17, 15) is 4.79 Å². The molecule has 0 unspecified atom stereocenters. The van der Waals surface area contributed by atoms with E-state index in [2.05, 4.69) is 10.5 Å². The van der Waals surface area contributed by atoms with E-state index in [0.29, 0.717) is 10.6 Å². The van der Waals surface area contributed by atoms with Gasteiger partial charge in [0, 0.05) is 16.8 Å². The predicted octanol–water partition coefficient (Wildman–Crippen LogP) is 2.86. The Kier molecular flexibility index (Phi) is 4.84. The average Bonchev–Trinajstić information content (AvgIpc) is 2.25. The quantitative estimate of drug-likeness (QED) is 0.620. The van der Waals surface area contributed by atoms with Crippen LogP contribution >= 0.6 is 11.6 Å². The van der Waals surface area contributed by atoms with Gasteiger partial charge in [-0.2, -0.15) is 5.10 Å². The van der Waals surface area contributed by atoms with Gasteiger partial charge in [0.2, 0.25) is 0 Å². The number of rotatable bonds is 4. The number of benzene rings is 1. The van der Waals surface area contributed by atoms with Crippen molar-refractivity contribution in [3.8, 4) is 0 Å². The van der Waals surface area contributed by atoms with Crippen molar-refractivity contribution in [2.75, 3.05) is 0 Å². The zero-order chi connectivity index (χ0) is 11.1. The Hall–Kier alpha value is -1.35. The van der Waals surface area contributed by atoms with Crippen LogP contribution in [0.3, 0.4) is 0 Å². The Morgan fingerprint density at radius 3 is 2.73 bits per heavy atom. The Labute approximate surface area is 94.1 Å². The molecule has 0 spiro atoms. The summed E-state index contributed by atoms with van der Waals surface area (Å²) < 4.78 is 0. The first kappa shape index (κ1) is 11.7. The second-order valence-corrected chi connectivity index (χ2v) is 3.48. The summed E-state index contributed by atoms with van der Waals surface area (Å²) in [6.07, 6.45) is 3.56. The molecule has 0 saturated carbocycles. The van der Waals surface area contributed by atoms with Crippen LogP contribution in [0.1, 0.15) is 30.1 Å². The second kappa shape index (κ2) is 6.19. The van der Waals surface area contributed by atoms with Crippen molar-refractivity contribution in [1.82, 2.24) is 5.43 Å². The number of hydrogen-bond donors (Lipinski definition) is 1. The van der Waals surface area contributed by atoms with Gasteiger partial charge in [-0.3, -0.25) is 4.79 Å². The van der Waals surface area contributed by atoms with Gasteiger partial charge in [0.05, 0.1) is 0 Å². The molecule has 0 saturated heterocycles. The topological polar surface area (TPSA) is 41.5 Å². The van der Waals surface area contributed by atoms with Crippen LogP contribution in [0.2, 0.25) is 5.02 Å². The molecule has 80 valence electrons. The molecule has 0 radical (unpaired) electrons. The smallest absolute Gasteiger partial charge is 0.267 e. The zero-order valence-corrected chi connectivity index (χ0v) is 9.29. The van der Waals surface area contributed by atoms with E-state index in [0.717, 1.165) is 12.8 Å². The van der Waals surface area contributed by atoms with Gasteiger partial charge in [0.25, 0.3) is 5.91 Å². The summed E-state index contributed by atoms with van der Waals surface area (Å²) >= 11 is 5.70. The lowest BCUT2D eigenvalue weighted by atomic mass is 10.2. The van der Waals surface area contributed by atoms with Crippen molar-refractivity contribution in [2.45, 2.75) is 19.8 Å². The Morgan fingerprint density at radius 1 is 1.47 bits per heavy atom. The van der Waals surface area contributed by atoms with Crippen molar-refractivity contribution in [3.63, 3.8) is 0 Å². The third-order valence-electron chi connectivity index (χ3n) is 1.78. The van der Waals surface area contributed by atoms with Crippen molar-refractivity contribution in [2.24, 2.45) is 5.10 Å². The van der Waals surface area contributed by atoms with E-state index in [4.69, 9.17) is 11.6 Å². The van der Waals surface area contributed by atoms with Gasteiger partial charge >= 0.3 is 0 Å². The monoisotopic (exact) mass is 224 g/mol. The van der Waals surface area contributed by atoms with Gasteiger partial charge in [-0.1, -0.05) is 24.9 Å². The van der Waals surface area contributed by atoms with Crippen LogP contribution in [-0.2, 0) is 0 Å². The van der Waals surface area contributed by atoms with E-state index >= 15 is 0 Å². The molecular weight excluding hydrogens is 212 g/mol. The standard InChI is InChI=1S/C11H13ClN2O/c1-2-3-8-13-14-11(15)9-4-6-10(12)7-5-9/h4-8H,2-3H2,1H3,(H,14,15)/b13-8+. The van der Waals surface area contributed by atoms with E-state index in [-0.39, 0.29) is 5.91 Å². The van der Waals surface area contributed by atoms with Crippen LogP contribution in [-0.4, -0.2) is 12.1 Å². The minimum Gasteiger partial charge on any atom is -0.267 e. The largest absolute Gasteiger partial charge is 0.271 e. The van der Waals surface area contributed by atoms with Crippen molar-refractivity contribution in [3.05, 3.63) is 34.9 Å². The van der Waals surface area contributed by atoms with Crippen molar-refractivity contribution >= 4 is 23.7 Å². The molecule has 1 aromatic carbocycles. The highest BCUT2D eigenvalue weighted by Crippen LogP contribution is 2.09. The van der Waals surface area contributed by atoms with E-state index in [1.54, 1.807) is 30.5 Å². The number of hydrazone groups is 1. The van der Waals surface area contributed by atoms with Gasteiger partial charge < -0.3 is 0 Å². The normalized spacial score (nSPS) is 10.5. The van der Waals surface area contributed by atoms with E-state index < -0.39 is 0 Å². The van der Waals surface area contributed by atoms with Crippen LogP contribution in [0.4, 0.5) is 0 Å². The molecule has 1 rings (SSSR count). The van der Waals surface area contributed by atoms with E-state index in [1.807, 2.05) is 6.92 Å². The SMILES string of the molecule is CCC/C=N/NC(=O)c1ccc(Cl)cc1. The first-order valence-electron chi connectivity index (χ1n) is 4.81. The van der Waals surface area contributed by atoms with Gasteiger partial charge in [-0.05, 0) is 30.7 Å². The number of amides is 1. The third-order valence-corrected chi connectivity index (χ3v) is 2.03. The molecular formula is C11H13ClN2O. The Bertz CT molecular complexity index is 346. The zero-order valence-electron chi connectivity index (χ0n) is 8.53. The molecule has 1 N–H and O–H groups in total. The van der Waals surface area contributed by atoms with Crippen LogP contribution in [0, 0.1) is 0 Å². The Balaban J connectivity index is 2.50. The highest BCUT2D eigenvalue weighted by atomic mass is 35.5. The molecule has 1 amide bonds. The lowest BCUT2D eigenvalue weighted by Gasteiger charge is -1.99. The summed E-state index contributed by atoms with van der Waals surface area (Å²) in [7, 11) is 0. The summed E-state index contributed by atoms with van der Waals surface area (Å²) in [6.45, 7) is 2.05. The fourth-order valence-electron chi connectivity index (χ4n) is 0.964. The number of halogens is 1. The molecule has 1 aromatic rings. The number of hydrogen-bond acceptors (Lipinski definition) is 2. The molecule has 0 atom stereocenters. The van der Waals surface area contributed by atoms with Crippen LogP contribution in [0.5, 0.6) is 0 Å². The molecule has 0 fully saturated rings. The minimum absolute atomic E-state index is 0.223. The molecule has 0 aliphatic heterocycles. The number of carbonyl (C=O) groups excluding carboxylic acids is 1. The fraction of sp³-hybridized carbons (Fsp3) is 0.273. The summed E-state index contributed by atoms with van der Waals surface area (Å²) in [5.74, 6) is -0.223. The first-order chi connectivity index (χ1) is 7.24. The molecule has 0 aliphatic rings. The molecule has 4 heteroatoms. The number of unbranched alkanes of at least 4 members (excludes halogenated alkanes) is 1. The third kappa shape index (κ3) is 4.13. The Morgan fingerprint density at radius 2 is 2.13 bits per heavy atom. The minimum atomic E-state index is -0.223. The fourth-order valence-corrected chi connectivity index (χ4v) is 1.09. The van der Waals surface area contributed by atoms with Gasteiger partial charge in [0.1, 0.15) is 0 Å². The average molecular weight is 225 g/mol. The maximum absolute atomic E-state index is 11.5. The number of nitrogens with zero attached hydrogens (tertiary/aromatic N) is 1. The molecule has 0 aliphatic carbocycles. The summed E-state index contributed by atoms with van der Waals surface area (Å²) in [5, 5.41) is 4.41. The molecule has 15 heavy (non-hydrogen) atoms. The highest BCUT2D eigenvalue weighted by Gasteiger charge is 2.02. The summed E-state index contributed by atoms with van der Waals surface area (Å²) in [6, 6.07) is 6.67. The molecule has 0 heterocycles. The summed E-state index contributed by atoms with van der Waals surface area (Å²) in [5.41, 5.74) is 2.99. The van der Waals surface area contributed by atoms with Crippen LogP contribution in [0.15, 0.2) is 29.4 Å². The van der Waals surface area contributed by atoms with Crippen LogP contribution in [0.25, 0.3) is 0 Å². The molecule has 0 aromatic heterocycles. The second-order valence-electron chi connectivity index (χ2n) is 3.05. The van der Waals surface area contributed by atoms with Gasteiger partial charge in [0.15, 0.2) is 0 Å². The van der Waals surface area contributed by atoms with Gasteiger partial charge in [-0.15, -0.1) is 0 Å². The lowest BCUT2D eigenvalue weighted by molar-refractivity contribution is 0.0955. The number of nitrogens with one attached hydrogen (secondary N) is 1. The first-order valence-corrected chi connectivity index (χ1v) is 5.19. The molecule has 3 nitrogen and oxygen atoms in total. The van der Waals surface area contributed by atoms with Crippen LogP contribution < -0.4 is 5.43 Å². The van der Waals surface area contributed by atoms with Crippen molar-refractivity contribution < 1.29 is 4.79 Å². The number of carbonyl (C=O) groups is 1. The predicted molar refractivity (Wildman–Crippen MR) is 62.3 cm³/mol. The van der Waals surface area contributed by atoms with Gasteiger partial charge in [-0.25, -0.2) is 5.43 Å². The maximum atomic E-state index is 11.5. The lowest BCUT2D eigenvalue weighted by Crippen LogP contribution is -2.17. The summed E-state index contributed by atoms with van der Waals surface area (Å²) in [4.78, 5) is 11.5. The van der Waals surface area contributed by atoms with Crippen molar-refractivity contribution in [1.29, 1.82) is 0 Å². The highest BCUT2D eigenvalue weighted by molar-refractivity contribution is 6.30. The molecule has 0 bridgehead atoms. The van der Waals surface area contributed by atoms with E-state index in [1.165, 1.54) is 0 Å². The maximum Gasteiger partial charge on any atom is 0.271 e.